The first-order valence-corrected chi connectivity index (χ1v) is 9.42. The van der Waals surface area contributed by atoms with E-state index in [1.54, 1.807) is 6.07 Å². The van der Waals surface area contributed by atoms with Crippen molar-refractivity contribution >= 4 is 26.0 Å². The molecule has 0 bridgehead atoms. The maximum atomic E-state index is 12.3. The van der Waals surface area contributed by atoms with E-state index in [0.717, 1.165) is 24.3 Å². The Labute approximate surface area is 130 Å². The normalized spacial score (nSPS) is 23.8. The van der Waals surface area contributed by atoms with Crippen LogP contribution >= 0.6 is 15.9 Å². The number of rotatable bonds is 4. The van der Waals surface area contributed by atoms with Gasteiger partial charge in [0, 0.05) is 11.0 Å². The van der Waals surface area contributed by atoms with Crippen LogP contribution in [0.3, 0.4) is 0 Å². The highest BCUT2D eigenvalue weighted by Gasteiger charge is 2.22. The second-order valence-electron chi connectivity index (χ2n) is 5.91. The minimum Gasteiger partial charge on any atom is -0.211 e. The number of halogens is 1. The lowest BCUT2D eigenvalue weighted by Crippen LogP contribution is -2.31. The van der Waals surface area contributed by atoms with Gasteiger partial charge in [-0.1, -0.05) is 25.8 Å². The number of nitrogens with one attached hydrogen (secondary N) is 1. The Bertz CT molecular complexity index is 563. The summed E-state index contributed by atoms with van der Waals surface area (Å²) in [5.74, 6) is 1.26. The zero-order chi connectivity index (χ0) is 14.8. The van der Waals surface area contributed by atoms with Crippen molar-refractivity contribution in [2.75, 3.05) is 6.54 Å². The third-order valence-corrected chi connectivity index (χ3v) is 6.47. The highest BCUT2D eigenvalue weighted by Crippen LogP contribution is 2.28. The van der Waals surface area contributed by atoms with Gasteiger partial charge in [-0.25, -0.2) is 13.1 Å². The molecule has 0 atom stereocenters. The zero-order valence-electron chi connectivity index (χ0n) is 12.0. The van der Waals surface area contributed by atoms with Crippen LogP contribution in [0.2, 0.25) is 0 Å². The standard InChI is InChI=1S/C15H22BrNO2S/c1-11-3-6-13(7-4-11)10-17-20(18,19)15-8-5-12(2)9-14(15)16/h5,8-9,11,13,17H,3-4,6-7,10H2,1-2H3. The fraction of sp³-hybridized carbons (Fsp3) is 0.600. The molecule has 1 aromatic rings. The molecule has 2 rings (SSSR count). The van der Waals surface area contributed by atoms with Crippen LogP contribution in [0.25, 0.3) is 0 Å². The van der Waals surface area contributed by atoms with E-state index in [9.17, 15) is 8.42 Å². The fourth-order valence-electron chi connectivity index (χ4n) is 2.66. The zero-order valence-corrected chi connectivity index (χ0v) is 14.4. The molecule has 1 aliphatic rings. The lowest BCUT2D eigenvalue weighted by Gasteiger charge is -2.26. The van der Waals surface area contributed by atoms with Crippen LogP contribution in [0.4, 0.5) is 0 Å². The molecule has 0 unspecified atom stereocenters. The topological polar surface area (TPSA) is 46.2 Å². The van der Waals surface area contributed by atoms with Crippen LogP contribution in [-0.2, 0) is 10.0 Å². The first kappa shape index (κ1) is 16.0. The van der Waals surface area contributed by atoms with Gasteiger partial charge in [0.05, 0.1) is 4.90 Å². The quantitative estimate of drug-likeness (QED) is 0.886. The van der Waals surface area contributed by atoms with Crippen LogP contribution < -0.4 is 4.72 Å². The highest BCUT2D eigenvalue weighted by atomic mass is 79.9. The number of hydrogen-bond acceptors (Lipinski definition) is 2. The van der Waals surface area contributed by atoms with Crippen molar-refractivity contribution in [2.45, 2.75) is 44.4 Å². The summed E-state index contributed by atoms with van der Waals surface area (Å²) in [6.45, 7) is 4.76. The van der Waals surface area contributed by atoms with Gasteiger partial charge in [0.1, 0.15) is 0 Å². The average molecular weight is 360 g/mol. The van der Waals surface area contributed by atoms with Gasteiger partial charge in [0.25, 0.3) is 0 Å². The maximum Gasteiger partial charge on any atom is 0.241 e. The van der Waals surface area contributed by atoms with Gasteiger partial charge in [-0.15, -0.1) is 0 Å². The first-order valence-electron chi connectivity index (χ1n) is 7.14. The summed E-state index contributed by atoms with van der Waals surface area (Å²) in [5, 5.41) is 0. The molecule has 0 aromatic heterocycles. The molecular weight excluding hydrogens is 338 g/mol. The molecule has 0 amide bonds. The summed E-state index contributed by atoms with van der Waals surface area (Å²) < 4.78 is 28.0. The van der Waals surface area contributed by atoms with Crippen molar-refractivity contribution < 1.29 is 8.42 Å². The van der Waals surface area contributed by atoms with Crippen LogP contribution in [0.15, 0.2) is 27.6 Å². The van der Waals surface area contributed by atoms with E-state index in [2.05, 4.69) is 27.6 Å². The summed E-state index contributed by atoms with van der Waals surface area (Å²) in [5.41, 5.74) is 1.04. The predicted molar refractivity (Wildman–Crippen MR) is 85.2 cm³/mol. The predicted octanol–water partition coefficient (Wildman–Crippen LogP) is 3.86. The van der Waals surface area contributed by atoms with Crippen molar-refractivity contribution in [3.05, 3.63) is 28.2 Å². The van der Waals surface area contributed by atoms with E-state index in [4.69, 9.17) is 0 Å². The number of hydrogen-bond donors (Lipinski definition) is 1. The van der Waals surface area contributed by atoms with Gasteiger partial charge in [-0.2, -0.15) is 0 Å². The van der Waals surface area contributed by atoms with Gasteiger partial charge < -0.3 is 0 Å². The van der Waals surface area contributed by atoms with Crippen molar-refractivity contribution in [1.29, 1.82) is 0 Å². The Morgan fingerprint density at radius 3 is 2.50 bits per heavy atom. The molecule has 1 saturated carbocycles. The molecule has 1 N–H and O–H groups in total. The molecular formula is C15H22BrNO2S. The molecule has 20 heavy (non-hydrogen) atoms. The van der Waals surface area contributed by atoms with Crippen LogP contribution in [-0.4, -0.2) is 15.0 Å². The minimum absolute atomic E-state index is 0.326. The summed E-state index contributed by atoms with van der Waals surface area (Å²) >= 11 is 3.34. The van der Waals surface area contributed by atoms with Gasteiger partial charge in [0.15, 0.2) is 0 Å². The van der Waals surface area contributed by atoms with Gasteiger partial charge in [-0.3, -0.25) is 0 Å². The number of aryl methyl sites for hydroxylation is 1. The monoisotopic (exact) mass is 359 g/mol. The van der Waals surface area contributed by atoms with E-state index in [-0.39, 0.29) is 0 Å². The third-order valence-electron chi connectivity index (χ3n) is 4.07. The fourth-order valence-corrected chi connectivity index (χ4v) is 4.97. The Morgan fingerprint density at radius 1 is 1.25 bits per heavy atom. The van der Waals surface area contributed by atoms with Crippen molar-refractivity contribution in [1.82, 2.24) is 4.72 Å². The molecule has 1 aliphatic carbocycles. The van der Waals surface area contributed by atoms with E-state index >= 15 is 0 Å². The second kappa shape index (κ2) is 6.58. The number of benzene rings is 1. The molecule has 0 radical (unpaired) electrons. The van der Waals surface area contributed by atoms with Gasteiger partial charge >= 0.3 is 0 Å². The lowest BCUT2D eigenvalue weighted by atomic mass is 9.83. The summed E-state index contributed by atoms with van der Waals surface area (Å²) in [6.07, 6.45) is 4.67. The molecule has 0 saturated heterocycles. The molecule has 0 heterocycles. The molecule has 1 fully saturated rings. The Balaban J connectivity index is 2.00. The minimum atomic E-state index is -3.42. The Hall–Kier alpha value is -0.390. The largest absolute Gasteiger partial charge is 0.241 e. The lowest BCUT2D eigenvalue weighted by molar-refractivity contribution is 0.290. The summed E-state index contributed by atoms with van der Waals surface area (Å²) in [7, 11) is -3.42. The summed E-state index contributed by atoms with van der Waals surface area (Å²) in [4.78, 5) is 0.326. The molecule has 0 spiro atoms. The van der Waals surface area contributed by atoms with Crippen molar-refractivity contribution in [3.8, 4) is 0 Å². The molecule has 5 heteroatoms. The Kier molecular flexibility index (Phi) is 5.26. The van der Waals surface area contributed by atoms with Crippen LogP contribution in [0, 0.1) is 18.8 Å². The molecule has 112 valence electrons. The summed E-state index contributed by atoms with van der Waals surface area (Å²) in [6, 6.07) is 5.31. The molecule has 0 aliphatic heterocycles. The van der Waals surface area contributed by atoms with E-state index in [1.165, 1.54) is 12.8 Å². The van der Waals surface area contributed by atoms with Crippen LogP contribution in [0.5, 0.6) is 0 Å². The van der Waals surface area contributed by atoms with E-state index in [0.29, 0.717) is 21.8 Å². The second-order valence-corrected chi connectivity index (χ2v) is 8.50. The molecule has 3 nitrogen and oxygen atoms in total. The van der Waals surface area contributed by atoms with E-state index in [1.807, 2.05) is 19.1 Å². The van der Waals surface area contributed by atoms with Gasteiger partial charge in [-0.05, 0) is 65.2 Å². The Morgan fingerprint density at radius 2 is 1.90 bits per heavy atom. The molecule has 1 aromatic carbocycles. The number of sulfonamides is 1. The average Bonchev–Trinajstić information content (AvgIpc) is 2.37. The first-order chi connectivity index (χ1) is 9.38. The smallest absolute Gasteiger partial charge is 0.211 e. The maximum absolute atomic E-state index is 12.3. The van der Waals surface area contributed by atoms with Crippen LogP contribution in [0.1, 0.15) is 38.2 Å². The SMILES string of the molecule is Cc1ccc(S(=O)(=O)NCC2CCC(C)CC2)c(Br)c1. The van der Waals surface area contributed by atoms with Crippen molar-refractivity contribution in [3.63, 3.8) is 0 Å². The van der Waals surface area contributed by atoms with E-state index < -0.39 is 10.0 Å². The van der Waals surface area contributed by atoms with Crippen molar-refractivity contribution in [2.24, 2.45) is 11.8 Å². The highest BCUT2D eigenvalue weighted by molar-refractivity contribution is 9.10. The van der Waals surface area contributed by atoms with Gasteiger partial charge in [0.2, 0.25) is 10.0 Å². The third kappa shape index (κ3) is 4.06.